The van der Waals surface area contributed by atoms with Crippen molar-refractivity contribution in [1.82, 2.24) is 10.2 Å². The van der Waals surface area contributed by atoms with Crippen molar-refractivity contribution in [3.63, 3.8) is 0 Å². The van der Waals surface area contributed by atoms with Crippen LogP contribution in [0.15, 0.2) is 18.2 Å². The second-order valence-electron chi connectivity index (χ2n) is 6.44. The number of benzene rings is 1. The minimum atomic E-state index is 0.408. The minimum absolute atomic E-state index is 0.408. The fourth-order valence-electron chi connectivity index (χ4n) is 3.68. The molecule has 2 bridgehead atoms. The fraction of sp³-hybridized carbons (Fsp3) is 0.647. The molecule has 0 aromatic heterocycles. The average Bonchev–Trinajstić information content (AvgIpc) is 2.74. The molecule has 2 aliphatic heterocycles. The fourth-order valence-corrected chi connectivity index (χ4v) is 3.68. The Balaban J connectivity index is 1.70. The van der Waals surface area contributed by atoms with Gasteiger partial charge in [0.2, 0.25) is 0 Å². The lowest BCUT2D eigenvalue weighted by molar-refractivity contribution is -0.0405. The van der Waals surface area contributed by atoms with Gasteiger partial charge in [0, 0.05) is 25.7 Å². The summed E-state index contributed by atoms with van der Waals surface area (Å²) >= 11 is 0. The Kier molecular flexibility index (Phi) is 4.11. The summed E-state index contributed by atoms with van der Waals surface area (Å²) in [6.45, 7) is 7.63. The molecular weight excluding hydrogens is 248 g/mol. The Morgan fingerprint density at radius 3 is 2.30 bits per heavy atom. The summed E-state index contributed by atoms with van der Waals surface area (Å²) < 4.78 is 5.92. The van der Waals surface area contributed by atoms with Crippen LogP contribution in [0.4, 0.5) is 0 Å². The van der Waals surface area contributed by atoms with Crippen LogP contribution < -0.4 is 5.32 Å². The predicted molar refractivity (Wildman–Crippen MR) is 82.1 cm³/mol. The summed E-state index contributed by atoms with van der Waals surface area (Å²) in [4.78, 5) is 2.57. The zero-order valence-corrected chi connectivity index (χ0v) is 12.9. The molecule has 0 saturated carbocycles. The smallest absolute Gasteiger partial charge is 0.0707 e. The van der Waals surface area contributed by atoms with Crippen molar-refractivity contribution in [1.29, 1.82) is 0 Å². The highest BCUT2D eigenvalue weighted by molar-refractivity contribution is 5.30. The van der Waals surface area contributed by atoms with Gasteiger partial charge in [-0.3, -0.25) is 4.90 Å². The molecule has 2 fully saturated rings. The minimum Gasteiger partial charge on any atom is -0.372 e. The van der Waals surface area contributed by atoms with E-state index in [0.717, 1.165) is 19.6 Å². The summed E-state index contributed by atoms with van der Waals surface area (Å²) in [6.07, 6.45) is 3.44. The SMILES string of the molecule is CNC(CN1CC2CCC(C1)O2)c1cc(C)cc(C)c1. The lowest BCUT2D eigenvalue weighted by Gasteiger charge is -2.34. The van der Waals surface area contributed by atoms with E-state index in [4.69, 9.17) is 4.74 Å². The van der Waals surface area contributed by atoms with Crippen LogP contribution >= 0.6 is 0 Å². The molecular formula is C17H26N2O. The summed E-state index contributed by atoms with van der Waals surface area (Å²) in [5.41, 5.74) is 4.11. The molecule has 0 radical (unpaired) electrons. The van der Waals surface area contributed by atoms with Crippen molar-refractivity contribution in [3.8, 4) is 0 Å². The normalized spacial score (nSPS) is 27.8. The van der Waals surface area contributed by atoms with Crippen molar-refractivity contribution in [2.75, 3.05) is 26.7 Å². The molecule has 3 atom stereocenters. The van der Waals surface area contributed by atoms with Crippen LogP contribution in [0.5, 0.6) is 0 Å². The third-order valence-corrected chi connectivity index (χ3v) is 4.55. The van der Waals surface area contributed by atoms with E-state index in [1.807, 2.05) is 0 Å². The van der Waals surface area contributed by atoms with Gasteiger partial charge in [0.25, 0.3) is 0 Å². The maximum atomic E-state index is 5.92. The Morgan fingerprint density at radius 1 is 1.15 bits per heavy atom. The molecule has 3 unspecified atom stereocenters. The number of rotatable bonds is 4. The molecule has 2 saturated heterocycles. The van der Waals surface area contributed by atoms with E-state index in [1.54, 1.807) is 0 Å². The van der Waals surface area contributed by atoms with Crippen LogP contribution in [0.3, 0.4) is 0 Å². The first-order valence-corrected chi connectivity index (χ1v) is 7.77. The van der Waals surface area contributed by atoms with Crippen molar-refractivity contribution >= 4 is 0 Å². The van der Waals surface area contributed by atoms with E-state index in [0.29, 0.717) is 18.2 Å². The van der Waals surface area contributed by atoms with Gasteiger partial charge in [-0.15, -0.1) is 0 Å². The highest BCUT2D eigenvalue weighted by atomic mass is 16.5. The second kappa shape index (κ2) is 5.84. The van der Waals surface area contributed by atoms with Crippen molar-refractivity contribution in [2.24, 2.45) is 0 Å². The molecule has 3 nitrogen and oxygen atoms in total. The highest BCUT2D eigenvalue weighted by Crippen LogP contribution is 2.27. The molecule has 1 N–H and O–H groups in total. The Hall–Kier alpha value is -0.900. The van der Waals surface area contributed by atoms with Crippen molar-refractivity contribution in [2.45, 2.75) is 44.9 Å². The Morgan fingerprint density at radius 2 is 1.75 bits per heavy atom. The number of ether oxygens (including phenoxy) is 1. The van der Waals surface area contributed by atoms with Crippen LogP contribution in [-0.4, -0.2) is 43.8 Å². The number of nitrogens with one attached hydrogen (secondary N) is 1. The molecule has 3 rings (SSSR count). The van der Waals surface area contributed by atoms with Gasteiger partial charge in [-0.2, -0.15) is 0 Å². The first kappa shape index (κ1) is 14.1. The van der Waals surface area contributed by atoms with Gasteiger partial charge in [-0.25, -0.2) is 0 Å². The first-order chi connectivity index (χ1) is 9.64. The van der Waals surface area contributed by atoms with Gasteiger partial charge >= 0.3 is 0 Å². The van der Waals surface area contributed by atoms with E-state index in [-0.39, 0.29) is 0 Å². The van der Waals surface area contributed by atoms with Crippen LogP contribution in [0.25, 0.3) is 0 Å². The van der Waals surface area contributed by atoms with Gasteiger partial charge in [0.05, 0.1) is 12.2 Å². The van der Waals surface area contributed by atoms with E-state index >= 15 is 0 Å². The Bertz CT molecular complexity index is 442. The van der Waals surface area contributed by atoms with Gasteiger partial charge in [0.15, 0.2) is 0 Å². The van der Waals surface area contributed by atoms with Crippen LogP contribution in [0.2, 0.25) is 0 Å². The summed E-state index contributed by atoms with van der Waals surface area (Å²) in [6, 6.07) is 7.27. The predicted octanol–water partition coefficient (Wildman–Crippen LogP) is 2.43. The van der Waals surface area contributed by atoms with Gasteiger partial charge < -0.3 is 10.1 Å². The summed E-state index contributed by atoms with van der Waals surface area (Å²) in [5.74, 6) is 0. The largest absolute Gasteiger partial charge is 0.372 e. The van der Waals surface area contributed by atoms with E-state index in [2.05, 4.69) is 49.3 Å². The third-order valence-electron chi connectivity index (χ3n) is 4.55. The van der Waals surface area contributed by atoms with Gasteiger partial charge in [-0.1, -0.05) is 29.3 Å². The van der Waals surface area contributed by atoms with Crippen LogP contribution in [-0.2, 0) is 4.74 Å². The number of likely N-dealkylation sites (tertiary alicyclic amines) is 1. The van der Waals surface area contributed by atoms with E-state index in [9.17, 15) is 0 Å². The number of morpholine rings is 1. The molecule has 110 valence electrons. The van der Waals surface area contributed by atoms with Crippen LogP contribution in [0.1, 0.15) is 35.6 Å². The molecule has 0 spiro atoms. The number of likely N-dealkylation sites (N-methyl/N-ethyl adjacent to an activating group) is 1. The Labute approximate surface area is 122 Å². The molecule has 0 amide bonds. The van der Waals surface area contributed by atoms with Gasteiger partial charge in [-0.05, 0) is 39.3 Å². The highest BCUT2D eigenvalue weighted by Gasteiger charge is 2.34. The number of aryl methyl sites for hydroxylation is 2. The number of nitrogens with zero attached hydrogens (tertiary/aromatic N) is 1. The summed E-state index contributed by atoms with van der Waals surface area (Å²) in [7, 11) is 2.07. The third kappa shape index (κ3) is 3.05. The number of hydrogen-bond acceptors (Lipinski definition) is 3. The molecule has 1 aromatic rings. The first-order valence-electron chi connectivity index (χ1n) is 7.77. The van der Waals surface area contributed by atoms with Crippen molar-refractivity contribution < 1.29 is 4.74 Å². The van der Waals surface area contributed by atoms with E-state index < -0.39 is 0 Å². The standard InChI is InChI=1S/C17H26N2O/c1-12-6-13(2)8-14(7-12)17(18-3)11-19-9-15-4-5-16(10-19)20-15/h6-8,15-18H,4-5,9-11H2,1-3H3. The maximum Gasteiger partial charge on any atom is 0.0707 e. The number of fused-ring (bicyclic) bond motifs is 2. The molecule has 3 heteroatoms. The monoisotopic (exact) mass is 274 g/mol. The van der Waals surface area contributed by atoms with E-state index in [1.165, 1.54) is 29.5 Å². The molecule has 2 heterocycles. The average molecular weight is 274 g/mol. The molecule has 1 aromatic carbocycles. The zero-order valence-electron chi connectivity index (χ0n) is 12.9. The zero-order chi connectivity index (χ0) is 14.1. The lowest BCUT2D eigenvalue weighted by Crippen LogP contribution is -2.45. The second-order valence-corrected chi connectivity index (χ2v) is 6.44. The van der Waals surface area contributed by atoms with Gasteiger partial charge in [0.1, 0.15) is 0 Å². The topological polar surface area (TPSA) is 24.5 Å². The number of hydrogen-bond donors (Lipinski definition) is 1. The summed E-state index contributed by atoms with van der Waals surface area (Å²) in [5, 5.41) is 3.49. The molecule has 20 heavy (non-hydrogen) atoms. The maximum absolute atomic E-state index is 5.92. The molecule has 0 aliphatic carbocycles. The van der Waals surface area contributed by atoms with Crippen molar-refractivity contribution in [3.05, 3.63) is 34.9 Å². The quantitative estimate of drug-likeness (QED) is 0.912. The lowest BCUT2D eigenvalue weighted by atomic mass is 10.0. The van der Waals surface area contributed by atoms with Crippen LogP contribution in [0, 0.1) is 13.8 Å². The molecule has 2 aliphatic rings.